The second-order valence-electron chi connectivity index (χ2n) is 7.77. The second kappa shape index (κ2) is 9.67. The minimum absolute atomic E-state index is 0.0126. The number of benzene rings is 1. The third-order valence-electron chi connectivity index (χ3n) is 5.29. The smallest absolute Gasteiger partial charge is 0.406 e. The highest BCUT2D eigenvalue weighted by molar-refractivity contribution is 6.00. The van der Waals surface area contributed by atoms with Crippen LogP contribution in [0.3, 0.4) is 0 Å². The molecule has 1 fully saturated rings. The lowest BCUT2D eigenvalue weighted by atomic mass is 10.1. The van der Waals surface area contributed by atoms with E-state index in [4.69, 9.17) is 4.74 Å². The van der Waals surface area contributed by atoms with Crippen LogP contribution in [0.4, 0.5) is 35.2 Å². The first kappa shape index (κ1) is 24.7. The molecular formula is C21H22F3N9O3. The fraction of sp³-hybridized carbons (Fsp3) is 0.333. The van der Waals surface area contributed by atoms with Gasteiger partial charge in [0.1, 0.15) is 12.9 Å². The molecule has 0 radical (unpaired) electrons. The summed E-state index contributed by atoms with van der Waals surface area (Å²) in [4.78, 5) is 31.0. The maximum Gasteiger partial charge on any atom is 0.406 e. The van der Waals surface area contributed by atoms with Crippen LogP contribution in [0.15, 0.2) is 30.6 Å². The van der Waals surface area contributed by atoms with Crippen molar-refractivity contribution >= 4 is 29.1 Å². The molecule has 0 aliphatic carbocycles. The lowest BCUT2D eigenvalue weighted by Crippen LogP contribution is -2.38. The van der Waals surface area contributed by atoms with Crippen LogP contribution < -0.4 is 20.3 Å². The van der Waals surface area contributed by atoms with E-state index >= 15 is 0 Å². The average molecular weight is 505 g/mol. The minimum atomic E-state index is -4.53. The topological polar surface area (TPSA) is 130 Å². The summed E-state index contributed by atoms with van der Waals surface area (Å²) in [7, 11) is 4.59. The van der Waals surface area contributed by atoms with E-state index in [-0.39, 0.29) is 30.3 Å². The number of aryl methyl sites for hydroxylation is 1. The Labute approximate surface area is 203 Å². The number of hydrogen-bond donors (Lipinski definition) is 2. The van der Waals surface area contributed by atoms with Crippen molar-refractivity contribution in [2.75, 3.05) is 44.0 Å². The summed E-state index contributed by atoms with van der Waals surface area (Å²) in [5.74, 6) is 0.204. The average Bonchev–Trinajstić information content (AvgIpc) is 3.43. The van der Waals surface area contributed by atoms with Gasteiger partial charge >= 0.3 is 12.2 Å². The van der Waals surface area contributed by atoms with Crippen molar-refractivity contribution in [3.8, 4) is 17.1 Å². The molecule has 12 nitrogen and oxygen atoms in total. The van der Waals surface area contributed by atoms with Crippen molar-refractivity contribution in [3.05, 3.63) is 36.3 Å². The largest absolute Gasteiger partial charge is 0.494 e. The van der Waals surface area contributed by atoms with Gasteiger partial charge < -0.3 is 20.3 Å². The fourth-order valence-corrected chi connectivity index (χ4v) is 3.69. The number of hydrogen-bond acceptors (Lipinski definition) is 8. The number of anilines is 3. The summed E-state index contributed by atoms with van der Waals surface area (Å²) in [5.41, 5.74) is 1.07. The number of amides is 3. The predicted octanol–water partition coefficient (Wildman–Crippen LogP) is 2.19. The second-order valence-corrected chi connectivity index (χ2v) is 7.77. The molecule has 1 aromatic carbocycles. The van der Waals surface area contributed by atoms with Gasteiger partial charge in [0, 0.05) is 33.3 Å². The molecule has 0 spiro atoms. The lowest BCUT2D eigenvalue weighted by Gasteiger charge is -2.20. The van der Waals surface area contributed by atoms with Crippen LogP contribution in [-0.2, 0) is 7.05 Å². The van der Waals surface area contributed by atoms with E-state index in [1.54, 1.807) is 25.2 Å². The maximum atomic E-state index is 12.8. The third-order valence-corrected chi connectivity index (χ3v) is 5.29. The molecule has 15 heteroatoms. The van der Waals surface area contributed by atoms with Crippen LogP contribution >= 0.6 is 0 Å². The summed E-state index contributed by atoms with van der Waals surface area (Å²) in [6, 6.07) is 5.68. The number of carbonyl (C=O) groups excluding carboxylic acids is 2. The van der Waals surface area contributed by atoms with Crippen LogP contribution in [0, 0.1) is 0 Å². The molecule has 0 bridgehead atoms. The first-order valence-corrected chi connectivity index (χ1v) is 10.6. The Balaban J connectivity index is 1.71. The Hall–Kier alpha value is -4.43. The number of nitrogens with zero attached hydrogens (tertiary/aromatic N) is 7. The Kier molecular flexibility index (Phi) is 6.63. The minimum Gasteiger partial charge on any atom is -0.494 e. The van der Waals surface area contributed by atoms with E-state index in [0.717, 1.165) is 4.90 Å². The highest BCUT2D eigenvalue weighted by atomic mass is 19.4. The molecule has 3 aromatic rings. The number of rotatable bonds is 7. The Morgan fingerprint density at radius 1 is 1.19 bits per heavy atom. The normalized spacial score (nSPS) is 13.8. The van der Waals surface area contributed by atoms with Crippen LogP contribution in [0.5, 0.6) is 5.75 Å². The number of para-hydroxylation sites is 1. The van der Waals surface area contributed by atoms with Gasteiger partial charge in [-0.15, -0.1) is 10.2 Å². The Morgan fingerprint density at radius 3 is 2.61 bits per heavy atom. The number of alkyl halides is 3. The number of urea groups is 1. The number of halogens is 3. The van der Waals surface area contributed by atoms with Crippen molar-refractivity contribution in [3.63, 3.8) is 0 Å². The molecule has 1 aliphatic heterocycles. The highest BCUT2D eigenvalue weighted by Crippen LogP contribution is 2.37. The maximum absolute atomic E-state index is 12.8. The molecule has 0 saturated carbocycles. The predicted molar refractivity (Wildman–Crippen MR) is 122 cm³/mol. The highest BCUT2D eigenvalue weighted by Gasteiger charge is 2.39. The van der Waals surface area contributed by atoms with Gasteiger partial charge in [-0.05, 0) is 12.1 Å². The van der Waals surface area contributed by atoms with E-state index in [1.165, 1.54) is 31.2 Å². The molecule has 1 aliphatic rings. The summed E-state index contributed by atoms with van der Waals surface area (Å²) in [6.45, 7) is -1.53. The Bertz CT molecular complexity index is 1300. The molecule has 0 atom stereocenters. The number of ether oxygens (including phenoxy) is 1. The summed E-state index contributed by atoms with van der Waals surface area (Å²) in [6.07, 6.45) is -3.00. The van der Waals surface area contributed by atoms with Gasteiger partial charge in [-0.2, -0.15) is 18.3 Å². The summed E-state index contributed by atoms with van der Waals surface area (Å²) >= 11 is 0. The zero-order valence-electron chi connectivity index (χ0n) is 19.5. The van der Waals surface area contributed by atoms with Gasteiger partial charge in [-0.1, -0.05) is 6.07 Å². The van der Waals surface area contributed by atoms with Gasteiger partial charge in [0.05, 0.1) is 24.0 Å². The van der Waals surface area contributed by atoms with Crippen molar-refractivity contribution < 1.29 is 27.5 Å². The van der Waals surface area contributed by atoms with E-state index in [9.17, 15) is 22.8 Å². The molecule has 2 N–H and O–H groups in total. The summed E-state index contributed by atoms with van der Waals surface area (Å²) < 4.78 is 45.5. The molecule has 4 rings (SSSR count). The first-order chi connectivity index (χ1) is 17.1. The van der Waals surface area contributed by atoms with Gasteiger partial charge in [0.2, 0.25) is 0 Å². The van der Waals surface area contributed by atoms with Gasteiger partial charge in [-0.3, -0.25) is 14.4 Å². The van der Waals surface area contributed by atoms with Crippen LogP contribution in [-0.4, -0.2) is 81.8 Å². The van der Waals surface area contributed by atoms with Gasteiger partial charge in [0.15, 0.2) is 23.1 Å². The van der Waals surface area contributed by atoms with Crippen LogP contribution in [0.25, 0.3) is 11.4 Å². The van der Waals surface area contributed by atoms with E-state index in [1.807, 2.05) is 0 Å². The van der Waals surface area contributed by atoms with Gasteiger partial charge in [-0.25, -0.2) is 9.78 Å². The molecule has 3 heterocycles. The monoisotopic (exact) mass is 505 g/mol. The van der Waals surface area contributed by atoms with Gasteiger partial charge in [0.25, 0.3) is 5.91 Å². The SMILES string of the molecule is CNC(=O)c1nnc(N2CCN(CC(F)(F)F)C2=O)cc1Nc1cccc(-c2ncn(C)n2)c1OC. The lowest BCUT2D eigenvalue weighted by molar-refractivity contribution is -0.138. The first-order valence-electron chi connectivity index (χ1n) is 10.6. The van der Waals surface area contributed by atoms with Crippen molar-refractivity contribution in [1.29, 1.82) is 0 Å². The Morgan fingerprint density at radius 2 is 1.97 bits per heavy atom. The van der Waals surface area contributed by atoms with E-state index in [0.29, 0.717) is 27.7 Å². The van der Waals surface area contributed by atoms with E-state index in [2.05, 4.69) is 30.9 Å². The number of carbonyl (C=O) groups is 2. The molecule has 3 amide bonds. The molecule has 36 heavy (non-hydrogen) atoms. The van der Waals surface area contributed by atoms with Crippen LogP contribution in [0.2, 0.25) is 0 Å². The number of methoxy groups -OCH3 is 1. The molecule has 2 aromatic heterocycles. The molecular weight excluding hydrogens is 483 g/mol. The number of nitrogens with one attached hydrogen (secondary N) is 2. The molecule has 1 saturated heterocycles. The standard InChI is InChI=1S/C21H22F3N9O3/c1-25-19(34)16-14(9-15(28-29-16)33-8-7-32(20(33)35)10-21(22,23)24)27-13-6-4-5-12(17(13)36-3)18-26-11-31(2)30-18/h4-6,9,11H,7-8,10H2,1-3H3,(H,25,34)(H,27,28). The third kappa shape index (κ3) is 4.99. The van der Waals surface area contributed by atoms with Crippen LogP contribution in [0.1, 0.15) is 10.5 Å². The zero-order chi connectivity index (χ0) is 26.0. The number of aromatic nitrogens is 5. The van der Waals surface area contributed by atoms with Crippen molar-refractivity contribution in [2.45, 2.75) is 6.18 Å². The van der Waals surface area contributed by atoms with E-state index < -0.39 is 24.7 Å². The summed E-state index contributed by atoms with van der Waals surface area (Å²) in [5, 5.41) is 17.7. The quantitative estimate of drug-likeness (QED) is 0.500. The van der Waals surface area contributed by atoms with Crippen molar-refractivity contribution in [2.24, 2.45) is 7.05 Å². The molecule has 190 valence electrons. The zero-order valence-corrected chi connectivity index (χ0v) is 19.5. The van der Waals surface area contributed by atoms with Crippen molar-refractivity contribution in [1.82, 2.24) is 35.2 Å². The fourth-order valence-electron chi connectivity index (χ4n) is 3.69. The molecule has 0 unspecified atom stereocenters.